The van der Waals surface area contributed by atoms with Crippen molar-refractivity contribution in [2.45, 2.75) is 46.5 Å². The topological polar surface area (TPSA) is 52.6 Å². The molecule has 3 heterocycles. The predicted octanol–water partition coefficient (Wildman–Crippen LogP) is 2.29. The Kier molecular flexibility index (Phi) is 6.12. The van der Waals surface area contributed by atoms with Gasteiger partial charge in [-0.3, -0.25) is 9.69 Å². The normalized spacial score (nSPS) is 20.0. The van der Waals surface area contributed by atoms with Crippen molar-refractivity contribution in [3.05, 3.63) is 17.6 Å². The molecule has 0 aliphatic carbocycles. The number of likely N-dealkylation sites (tertiary alicyclic amines) is 1. The van der Waals surface area contributed by atoms with Crippen LogP contribution in [0.5, 0.6) is 0 Å². The average molecular weight is 360 g/mol. The largest absolute Gasteiger partial charge is 0.354 e. The summed E-state index contributed by atoms with van der Waals surface area (Å²) in [5.41, 5.74) is 1.02. The van der Waals surface area contributed by atoms with E-state index in [1.807, 2.05) is 6.92 Å². The Labute approximate surface area is 157 Å². The van der Waals surface area contributed by atoms with Crippen molar-refractivity contribution >= 4 is 11.7 Å². The number of carbonyl (C=O) groups is 1. The van der Waals surface area contributed by atoms with Gasteiger partial charge in [0.15, 0.2) is 0 Å². The first-order valence-corrected chi connectivity index (χ1v) is 10.0. The number of nitrogens with zero attached hydrogens (tertiary/aromatic N) is 5. The first-order valence-electron chi connectivity index (χ1n) is 10.0. The Hall–Kier alpha value is -1.69. The molecule has 2 aliphatic heterocycles. The van der Waals surface area contributed by atoms with Gasteiger partial charge in [0.05, 0.1) is 6.54 Å². The molecular formula is C20H33N5O. The zero-order valence-electron chi connectivity index (χ0n) is 16.7. The number of anilines is 1. The minimum Gasteiger partial charge on any atom is -0.354 e. The second kappa shape index (κ2) is 8.33. The Bertz CT molecular complexity index is 617. The van der Waals surface area contributed by atoms with E-state index in [9.17, 15) is 4.79 Å². The van der Waals surface area contributed by atoms with Crippen molar-refractivity contribution in [1.82, 2.24) is 19.8 Å². The standard InChI is InChI=1S/C20H33N5O/c1-15(2)20-21-17(4)13-18(22-20)24-11-9-23(10-12-24)14-19(26)25-7-5-16(3)6-8-25/h13,15-16H,5-12,14H2,1-4H3. The Balaban J connectivity index is 1.52. The molecule has 0 spiro atoms. The van der Waals surface area contributed by atoms with E-state index >= 15 is 0 Å². The number of aromatic nitrogens is 2. The van der Waals surface area contributed by atoms with Crippen molar-refractivity contribution in [3.8, 4) is 0 Å². The monoisotopic (exact) mass is 359 g/mol. The molecule has 0 unspecified atom stereocenters. The number of hydrogen-bond acceptors (Lipinski definition) is 5. The number of piperidine rings is 1. The fourth-order valence-electron chi connectivity index (χ4n) is 3.68. The van der Waals surface area contributed by atoms with Gasteiger partial charge in [-0.05, 0) is 25.7 Å². The van der Waals surface area contributed by atoms with Gasteiger partial charge in [0, 0.05) is 56.9 Å². The Morgan fingerprint density at radius 1 is 1.12 bits per heavy atom. The molecule has 2 aliphatic rings. The van der Waals surface area contributed by atoms with Gasteiger partial charge in [-0.2, -0.15) is 0 Å². The van der Waals surface area contributed by atoms with Crippen LogP contribution in [0.4, 0.5) is 5.82 Å². The van der Waals surface area contributed by atoms with E-state index in [1.54, 1.807) is 0 Å². The molecule has 0 saturated carbocycles. The molecule has 2 fully saturated rings. The van der Waals surface area contributed by atoms with Crippen LogP contribution in [0.2, 0.25) is 0 Å². The lowest BCUT2D eigenvalue weighted by Gasteiger charge is -2.37. The third-order valence-corrected chi connectivity index (χ3v) is 5.57. The number of hydrogen-bond donors (Lipinski definition) is 0. The van der Waals surface area contributed by atoms with Gasteiger partial charge in [0.1, 0.15) is 11.6 Å². The molecule has 2 saturated heterocycles. The predicted molar refractivity (Wildman–Crippen MR) is 104 cm³/mol. The molecule has 144 valence electrons. The highest BCUT2D eigenvalue weighted by Crippen LogP contribution is 2.19. The minimum absolute atomic E-state index is 0.297. The lowest BCUT2D eigenvalue weighted by Crippen LogP contribution is -2.51. The fourth-order valence-corrected chi connectivity index (χ4v) is 3.68. The molecule has 1 aromatic rings. The highest BCUT2D eigenvalue weighted by Gasteiger charge is 2.25. The molecule has 3 rings (SSSR count). The van der Waals surface area contributed by atoms with Gasteiger partial charge in [-0.1, -0.05) is 20.8 Å². The van der Waals surface area contributed by atoms with Crippen LogP contribution in [-0.4, -0.2) is 71.5 Å². The van der Waals surface area contributed by atoms with Crippen LogP contribution in [0.25, 0.3) is 0 Å². The molecule has 26 heavy (non-hydrogen) atoms. The van der Waals surface area contributed by atoms with Crippen molar-refractivity contribution in [1.29, 1.82) is 0 Å². The van der Waals surface area contributed by atoms with Crippen LogP contribution in [-0.2, 0) is 4.79 Å². The average Bonchev–Trinajstić information content (AvgIpc) is 2.62. The zero-order valence-corrected chi connectivity index (χ0v) is 16.7. The summed E-state index contributed by atoms with van der Waals surface area (Å²) in [4.78, 5) is 28.5. The SMILES string of the molecule is Cc1cc(N2CCN(CC(=O)N3CCC(C)CC3)CC2)nc(C(C)C)n1. The summed E-state index contributed by atoms with van der Waals surface area (Å²) in [5, 5.41) is 0. The van der Waals surface area contributed by atoms with E-state index in [1.165, 1.54) is 0 Å². The van der Waals surface area contributed by atoms with Crippen LogP contribution < -0.4 is 4.90 Å². The summed E-state index contributed by atoms with van der Waals surface area (Å²) < 4.78 is 0. The van der Waals surface area contributed by atoms with Crippen molar-refractivity contribution in [2.75, 3.05) is 50.7 Å². The molecule has 6 nitrogen and oxygen atoms in total. The molecule has 0 aromatic carbocycles. The van der Waals surface area contributed by atoms with Gasteiger partial charge in [0.25, 0.3) is 0 Å². The van der Waals surface area contributed by atoms with E-state index in [4.69, 9.17) is 4.98 Å². The molecule has 0 atom stereocenters. The van der Waals surface area contributed by atoms with Crippen LogP contribution in [0.15, 0.2) is 6.07 Å². The number of aryl methyl sites for hydroxylation is 1. The first kappa shape index (κ1) is 19.1. The van der Waals surface area contributed by atoms with Crippen molar-refractivity contribution in [2.24, 2.45) is 5.92 Å². The summed E-state index contributed by atoms with van der Waals surface area (Å²) in [5.74, 6) is 3.33. The first-order chi connectivity index (χ1) is 12.4. The summed E-state index contributed by atoms with van der Waals surface area (Å²) in [6.07, 6.45) is 2.29. The van der Waals surface area contributed by atoms with Gasteiger partial charge < -0.3 is 9.80 Å². The maximum absolute atomic E-state index is 12.5. The summed E-state index contributed by atoms with van der Waals surface area (Å²) in [7, 11) is 0. The molecular weight excluding hydrogens is 326 g/mol. The lowest BCUT2D eigenvalue weighted by atomic mass is 9.99. The maximum Gasteiger partial charge on any atom is 0.236 e. The summed E-state index contributed by atoms with van der Waals surface area (Å²) in [6.45, 7) is 14.6. The number of piperazine rings is 1. The van der Waals surface area contributed by atoms with Gasteiger partial charge in [-0.25, -0.2) is 9.97 Å². The second-order valence-corrected chi connectivity index (χ2v) is 8.21. The Morgan fingerprint density at radius 3 is 2.38 bits per heavy atom. The van der Waals surface area contributed by atoms with E-state index < -0.39 is 0 Å². The second-order valence-electron chi connectivity index (χ2n) is 8.21. The zero-order chi connectivity index (χ0) is 18.7. The summed E-state index contributed by atoms with van der Waals surface area (Å²) in [6, 6.07) is 2.07. The van der Waals surface area contributed by atoms with E-state index in [0.29, 0.717) is 18.4 Å². The molecule has 0 bridgehead atoms. The maximum atomic E-state index is 12.5. The molecule has 1 amide bonds. The van der Waals surface area contributed by atoms with E-state index in [0.717, 1.165) is 75.4 Å². The number of amides is 1. The third kappa shape index (κ3) is 4.72. The van der Waals surface area contributed by atoms with Crippen LogP contribution in [0, 0.1) is 12.8 Å². The lowest BCUT2D eigenvalue weighted by molar-refractivity contribution is -0.133. The van der Waals surface area contributed by atoms with Gasteiger partial charge >= 0.3 is 0 Å². The molecule has 0 N–H and O–H groups in total. The van der Waals surface area contributed by atoms with Crippen LogP contribution >= 0.6 is 0 Å². The Morgan fingerprint density at radius 2 is 1.77 bits per heavy atom. The van der Waals surface area contributed by atoms with Gasteiger partial charge in [0.2, 0.25) is 5.91 Å². The highest BCUT2D eigenvalue weighted by atomic mass is 16.2. The third-order valence-electron chi connectivity index (χ3n) is 5.57. The van der Waals surface area contributed by atoms with Crippen molar-refractivity contribution in [3.63, 3.8) is 0 Å². The number of rotatable bonds is 4. The van der Waals surface area contributed by atoms with Gasteiger partial charge in [-0.15, -0.1) is 0 Å². The summed E-state index contributed by atoms with van der Waals surface area (Å²) >= 11 is 0. The molecule has 0 radical (unpaired) electrons. The smallest absolute Gasteiger partial charge is 0.236 e. The van der Waals surface area contributed by atoms with E-state index in [-0.39, 0.29) is 0 Å². The van der Waals surface area contributed by atoms with Crippen LogP contribution in [0.1, 0.15) is 51.0 Å². The fraction of sp³-hybridized carbons (Fsp3) is 0.750. The quantitative estimate of drug-likeness (QED) is 0.826. The van der Waals surface area contributed by atoms with Crippen molar-refractivity contribution < 1.29 is 4.79 Å². The molecule has 1 aromatic heterocycles. The van der Waals surface area contributed by atoms with Crippen LogP contribution in [0.3, 0.4) is 0 Å². The minimum atomic E-state index is 0.297. The highest BCUT2D eigenvalue weighted by molar-refractivity contribution is 5.78. The van der Waals surface area contributed by atoms with E-state index in [2.05, 4.69) is 46.5 Å². The molecule has 6 heteroatoms. The number of carbonyl (C=O) groups excluding carboxylic acids is 1.